The minimum absolute atomic E-state index is 0.185. The molecule has 0 N–H and O–H groups in total. The third-order valence-corrected chi connectivity index (χ3v) is 4.84. The Morgan fingerprint density at radius 3 is 2.86 bits per heavy atom. The average Bonchev–Trinajstić information content (AvgIpc) is 3.06. The topological polar surface area (TPSA) is 17.8 Å². The van der Waals surface area contributed by atoms with Crippen LogP contribution in [0, 0.1) is 0 Å². The van der Waals surface area contributed by atoms with Gasteiger partial charge in [-0.2, -0.15) is 0 Å². The Hall–Kier alpha value is -1.71. The predicted octanol–water partition coefficient (Wildman–Crippen LogP) is 5.31. The van der Waals surface area contributed by atoms with E-state index >= 15 is 0 Å². The number of hydrogen-bond donors (Lipinski definition) is 0. The second-order valence-corrected chi connectivity index (χ2v) is 6.31. The highest BCUT2D eigenvalue weighted by Crippen LogP contribution is 2.43. The van der Waals surface area contributed by atoms with E-state index in [1.54, 1.807) is 30.8 Å². The first-order chi connectivity index (χ1) is 10.6. The lowest BCUT2D eigenvalue weighted by Crippen LogP contribution is -2.27. The highest BCUT2D eigenvalue weighted by molar-refractivity contribution is 5.77. The van der Waals surface area contributed by atoms with E-state index in [1.807, 2.05) is 4.57 Å². The fraction of sp³-hybridized carbons (Fsp3) is 0.500. The number of fused-ring (bicyclic) bond motifs is 1. The number of allylic oxidation sites excluding steroid dienone is 5. The summed E-state index contributed by atoms with van der Waals surface area (Å²) in [5.41, 5.74) is 0.190. The van der Waals surface area contributed by atoms with Crippen molar-refractivity contribution in [3.8, 4) is 0 Å². The molecule has 2 aliphatic rings. The van der Waals surface area contributed by atoms with Gasteiger partial charge in [-0.15, -0.1) is 0 Å². The van der Waals surface area contributed by atoms with E-state index in [-0.39, 0.29) is 5.83 Å². The highest BCUT2D eigenvalue weighted by Gasteiger charge is 2.36. The summed E-state index contributed by atoms with van der Waals surface area (Å²) in [5, 5.41) is 0. The van der Waals surface area contributed by atoms with Gasteiger partial charge < -0.3 is 4.57 Å². The Morgan fingerprint density at radius 1 is 1.36 bits per heavy atom. The zero-order chi connectivity index (χ0) is 15.6. The van der Waals surface area contributed by atoms with Crippen LogP contribution in [0.4, 0.5) is 8.78 Å². The third-order valence-electron chi connectivity index (χ3n) is 4.84. The van der Waals surface area contributed by atoms with Crippen LogP contribution in [0.3, 0.4) is 0 Å². The minimum atomic E-state index is -1.11. The summed E-state index contributed by atoms with van der Waals surface area (Å²) in [4.78, 5) is 4.11. The van der Waals surface area contributed by atoms with Crippen LogP contribution in [0.2, 0.25) is 0 Å². The minimum Gasteiger partial charge on any atom is -0.320 e. The number of halogens is 2. The molecule has 1 fully saturated rings. The molecule has 1 aromatic heterocycles. The van der Waals surface area contributed by atoms with Crippen LogP contribution >= 0.6 is 0 Å². The summed E-state index contributed by atoms with van der Waals surface area (Å²) >= 11 is 0. The molecular formula is C18H22F2N2. The monoisotopic (exact) mass is 304 g/mol. The van der Waals surface area contributed by atoms with Crippen LogP contribution in [-0.2, 0) is 0 Å². The van der Waals surface area contributed by atoms with Crippen molar-refractivity contribution in [2.24, 2.45) is 0 Å². The van der Waals surface area contributed by atoms with E-state index in [0.29, 0.717) is 31.3 Å². The highest BCUT2D eigenvalue weighted by atomic mass is 19.1. The lowest BCUT2D eigenvalue weighted by Gasteiger charge is -2.30. The zero-order valence-electron chi connectivity index (χ0n) is 12.8. The first kappa shape index (κ1) is 15.2. The number of rotatable bonds is 5. The van der Waals surface area contributed by atoms with Gasteiger partial charge in [0.1, 0.15) is 11.5 Å². The molecule has 2 heterocycles. The van der Waals surface area contributed by atoms with Gasteiger partial charge in [-0.3, -0.25) is 0 Å². The molecule has 3 rings (SSSR count). The van der Waals surface area contributed by atoms with E-state index in [2.05, 4.69) is 11.6 Å². The van der Waals surface area contributed by atoms with Crippen molar-refractivity contribution in [1.29, 1.82) is 0 Å². The van der Waals surface area contributed by atoms with E-state index in [0.717, 1.165) is 25.0 Å². The molecule has 2 nitrogen and oxygen atoms in total. The predicted molar refractivity (Wildman–Crippen MR) is 84.8 cm³/mol. The molecule has 0 saturated heterocycles. The Labute approximate surface area is 130 Å². The second-order valence-electron chi connectivity index (χ2n) is 6.31. The van der Waals surface area contributed by atoms with Crippen molar-refractivity contribution in [3.05, 3.63) is 48.9 Å². The summed E-state index contributed by atoms with van der Waals surface area (Å²) < 4.78 is 31.3. The normalized spacial score (nSPS) is 24.0. The van der Waals surface area contributed by atoms with Crippen LogP contribution in [0.5, 0.6) is 0 Å². The van der Waals surface area contributed by atoms with Crippen molar-refractivity contribution >= 4 is 5.57 Å². The Balaban J connectivity index is 1.77. The fourth-order valence-corrected chi connectivity index (χ4v) is 3.61. The molecule has 4 heteroatoms. The number of imidazole rings is 1. The summed E-state index contributed by atoms with van der Waals surface area (Å²) in [5.74, 6) is -0.185. The summed E-state index contributed by atoms with van der Waals surface area (Å²) in [6.45, 7) is 3.61. The smallest absolute Gasteiger partial charge is 0.132 e. The molecule has 1 aliphatic heterocycles. The van der Waals surface area contributed by atoms with Crippen LogP contribution in [0.15, 0.2) is 43.2 Å². The maximum atomic E-state index is 14.8. The van der Waals surface area contributed by atoms with Gasteiger partial charge in [0.05, 0.1) is 24.3 Å². The first-order valence-electron chi connectivity index (χ1n) is 8.04. The van der Waals surface area contributed by atoms with Crippen LogP contribution in [-0.4, -0.2) is 15.2 Å². The summed E-state index contributed by atoms with van der Waals surface area (Å²) in [6.07, 6.45) is 13.5. The lowest BCUT2D eigenvalue weighted by atomic mass is 9.82. The molecule has 0 bridgehead atoms. The standard InChI is InChI=1S/C18H22F2N2/c1-2-3-7-14-16-12-21-13-22(16)15(17(14)19)8-11-18(20)9-5-4-6-10-18/h2-3,7,12-13,15H,1,4-6,8-11H2/b7-3-. The maximum Gasteiger partial charge on any atom is 0.132 e. The first-order valence-corrected chi connectivity index (χ1v) is 8.04. The van der Waals surface area contributed by atoms with Crippen molar-refractivity contribution in [3.63, 3.8) is 0 Å². The van der Waals surface area contributed by atoms with Gasteiger partial charge in [-0.25, -0.2) is 13.8 Å². The number of aromatic nitrogens is 2. The van der Waals surface area contributed by atoms with E-state index < -0.39 is 11.7 Å². The third kappa shape index (κ3) is 2.79. The number of alkyl halides is 1. The molecule has 118 valence electrons. The van der Waals surface area contributed by atoms with Gasteiger partial charge in [0.25, 0.3) is 0 Å². The maximum absolute atomic E-state index is 14.8. The van der Waals surface area contributed by atoms with Crippen LogP contribution in [0.25, 0.3) is 5.57 Å². The molecule has 0 amide bonds. The summed E-state index contributed by atoms with van der Waals surface area (Å²) in [6, 6.07) is -0.420. The lowest BCUT2D eigenvalue weighted by molar-refractivity contribution is 0.0891. The van der Waals surface area contributed by atoms with Crippen LogP contribution in [0.1, 0.15) is 56.7 Å². The molecule has 0 aromatic carbocycles. The molecule has 1 unspecified atom stereocenters. The van der Waals surface area contributed by atoms with Crippen molar-refractivity contribution < 1.29 is 8.78 Å². The van der Waals surface area contributed by atoms with Gasteiger partial charge in [-0.1, -0.05) is 44.1 Å². The Kier molecular flexibility index (Phi) is 4.27. The molecule has 0 spiro atoms. The van der Waals surface area contributed by atoms with Crippen LogP contribution < -0.4 is 0 Å². The van der Waals surface area contributed by atoms with Gasteiger partial charge >= 0.3 is 0 Å². The quantitative estimate of drug-likeness (QED) is 0.674. The molecule has 0 radical (unpaired) electrons. The number of hydrogen-bond acceptors (Lipinski definition) is 1. The van der Waals surface area contributed by atoms with Gasteiger partial charge in [0, 0.05) is 5.57 Å². The second kappa shape index (κ2) is 6.19. The molecule has 1 aromatic rings. The van der Waals surface area contributed by atoms with E-state index in [1.165, 1.54) is 0 Å². The molecular weight excluding hydrogens is 282 g/mol. The average molecular weight is 304 g/mol. The van der Waals surface area contributed by atoms with E-state index in [9.17, 15) is 8.78 Å². The molecule has 1 saturated carbocycles. The van der Waals surface area contributed by atoms with Gasteiger partial charge in [-0.05, 0) is 25.7 Å². The fourth-order valence-electron chi connectivity index (χ4n) is 3.61. The Morgan fingerprint density at radius 2 is 2.14 bits per heavy atom. The SMILES string of the molecule is C=C/C=C\C1=C(F)C(CCC2(F)CCCCC2)n2cncc21. The van der Waals surface area contributed by atoms with Crippen molar-refractivity contribution in [2.75, 3.05) is 0 Å². The van der Waals surface area contributed by atoms with Gasteiger partial charge in [0.15, 0.2) is 0 Å². The van der Waals surface area contributed by atoms with Crippen molar-refractivity contribution in [2.45, 2.75) is 56.7 Å². The van der Waals surface area contributed by atoms with Crippen molar-refractivity contribution in [1.82, 2.24) is 9.55 Å². The molecule has 1 aliphatic carbocycles. The zero-order valence-corrected chi connectivity index (χ0v) is 12.8. The number of nitrogens with zero attached hydrogens (tertiary/aromatic N) is 2. The summed E-state index contributed by atoms with van der Waals surface area (Å²) in [7, 11) is 0. The largest absolute Gasteiger partial charge is 0.320 e. The van der Waals surface area contributed by atoms with Gasteiger partial charge in [0.2, 0.25) is 0 Å². The van der Waals surface area contributed by atoms with E-state index in [4.69, 9.17) is 0 Å². The Bertz CT molecular complexity index is 606. The molecule has 22 heavy (non-hydrogen) atoms. The molecule has 1 atom stereocenters.